The SMILES string of the molecule is Cc1cc(NC(=O)C(NC(=O)c2ccnn2C)C2CCC(F)(F)CC2)c(F)cc1C(C)C(=O)N(C)CC(F)(F)F. The maximum absolute atomic E-state index is 15.1. The fourth-order valence-corrected chi connectivity index (χ4v) is 4.89. The fourth-order valence-electron chi connectivity index (χ4n) is 4.89. The Kier molecular flexibility index (Phi) is 9.20. The number of hydrogen-bond acceptors (Lipinski definition) is 4. The Balaban J connectivity index is 1.82. The molecule has 1 heterocycles. The first-order valence-corrected chi connectivity index (χ1v) is 12.6. The van der Waals surface area contributed by atoms with E-state index in [0.717, 1.165) is 13.1 Å². The molecule has 2 aromatic rings. The normalized spacial score (nSPS) is 17.1. The number of aromatic nitrogens is 2. The molecule has 3 amide bonds. The molecule has 8 nitrogen and oxygen atoms in total. The van der Waals surface area contributed by atoms with Crippen molar-refractivity contribution in [3.05, 3.63) is 47.0 Å². The Hall–Kier alpha value is -3.58. The van der Waals surface area contributed by atoms with E-state index in [0.29, 0.717) is 10.5 Å². The van der Waals surface area contributed by atoms with Gasteiger partial charge in [-0.2, -0.15) is 18.3 Å². The van der Waals surface area contributed by atoms with Gasteiger partial charge in [0.1, 0.15) is 24.1 Å². The van der Waals surface area contributed by atoms with Crippen molar-refractivity contribution in [3.8, 4) is 0 Å². The van der Waals surface area contributed by atoms with E-state index >= 15 is 4.39 Å². The van der Waals surface area contributed by atoms with Gasteiger partial charge in [0.05, 0.1) is 11.6 Å². The molecule has 1 saturated carbocycles. The quantitative estimate of drug-likeness (QED) is 0.452. The molecule has 14 heteroatoms. The van der Waals surface area contributed by atoms with E-state index in [1.807, 2.05) is 0 Å². The third-order valence-electron chi connectivity index (χ3n) is 7.10. The van der Waals surface area contributed by atoms with Crippen molar-refractivity contribution in [1.82, 2.24) is 20.0 Å². The summed E-state index contributed by atoms with van der Waals surface area (Å²) >= 11 is 0. The molecule has 0 saturated heterocycles. The van der Waals surface area contributed by atoms with Crippen LogP contribution in [0.5, 0.6) is 0 Å². The van der Waals surface area contributed by atoms with Crippen LogP contribution < -0.4 is 10.6 Å². The van der Waals surface area contributed by atoms with Crippen molar-refractivity contribution < 1.29 is 40.7 Å². The molecule has 0 bridgehead atoms. The van der Waals surface area contributed by atoms with Crippen LogP contribution in [-0.4, -0.2) is 64.1 Å². The monoisotopic (exact) mass is 575 g/mol. The topological polar surface area (TPSA) is 96.3 Å². The fraction of sp³-hybridized carbons (Fsp3) is 0.538. The van der Waals surface area contributed by atoms with Crippen LogP contribution in [0.15, 0.2) is 24.4 Å². The number of nitrogens with zero attached hydrogens (tertiary/aromatic N) is 3. The summed E-state index contributed by atoms with van der Waals surface area (Å²) < 4.78 is 82.1. The van der Waals surface area contributed by atoms with Crippen molar-refractivity contribution in [3.63, 3.8) is 0 Å². The maximum Gasteiger partial charge on any atom is 0.406 e. The first-order valence-electron chi connectivity index (χ1n) is 12.6. The molecule has 1 aliphatic rings. The number of anilines is 1. The predicted octanol–water partition coefficient (Wildman–Crippen LogP) is 4.55. The van der Waals surface area contributed by atoms with Gasteiger partial charge in [-0.05, 0) is 61.9 Å². The zero-order valence-electron chi connectivity index (χ0n) is 22.4. The molecule has 3 rings (SSSR count). The molecule has 2 atom stereocenters. The van der Waals surface area contributed by atoms with Crippen LogP contribution in [0, 0.1) is 18.7 Å². The third-order valence-corrected chi connectivity index (χ3v) is 7.10. The van der Waals surface area contributed by atoms with E-state index in [2.05, 4.69) is 15.7 Å². The van der Waals surface area contributed by atoms with Gasteiger partial charge in [-0.25, -0.2) is 13.2 Å². The first-order chi connectivity index (χ1) is 18.5. The standard InChI is InChI=1S/C26H31F6N5O3/c1-14-11-19(18(27)12-17(14)15(2)24(40)36(3)13-26(30,31)32)34-23(39)21(16-5-8-25(28,29)9-6-16)35-22(38)20-7-10-33-37(20)4/h7,10-12,15-16,21H,5-6,8-9,13H2,1-4H3,(H,34,39)(H,35,38). The lowest BCUT2D eigenvalue weighted by Gasteiger charge is -2.33. The predicted molar refractivity (Wildman–Crippen MR) is 133 cm³/mol. The molecule has 2 N–H and O–H groups in total. The van der Waals surface area contributed by atoms with Crippen molar-refractivity contribution in [2.45, 2.75) is 63.6 Å². The largest absolute Gasteiger partial charge is 0.406 e. The maximum atomic E-state index is 15.1. The number of likely N-dealkylation sites (N-methyl/N-ethyl adjacent to an activating group) is 1. The minimum atomic E-state index is -4.60. The van der Waals surface area contributed by atoms with Crippen molar-refractivity contribution in [2.24, 2.45) is 13.0 Å². The number of amides is 3. The van der Waals surface area contributed by atoms with E-state index in [9.17, 15) is 36.3 Å². The second-order valence-electron chi connectivity index (χ2n) is 10.2. The molecule has 0 aliphatic heterocycles. The molecule has 220 valence electrons. The van der Waals surface area contributed by atoms with Gasteiger partial charge in [-0.15, -0.1) is 0 Å². The lowest BCUT2D eigenvalue weighted by atomic mass is 9.81. The summed E-state index contributed by atoms with van der Waals surface area (Å²) in [5.74, 6) is -7.97. The minimum absolute atomic E-state index is 0.0533. The van der Waals surface area contributed by atoms with Gasteiger partial charge in [0.25, 0.3) is 5.91 Å². The van der Waals surface area contributed by atoms with Gasteiger partial charge >= 0.3 is 6.18 Å². The number of rotatable bonds is 8. The van der Waals surface area contributed by atoms with Crippen LogP contribution in [0.25, 0.3) is 0 Å². The van der Waals surface area contributed by atoms with Gasteiger partial charge < -0.3 is 15.5 Å². The van der Waals surface area contributed by atoms with Gasteiger partial charge in [-0.3, -0.25) is 19.1 Å². The highest BCUT2D eigenvalue weighted by Gasteiger charge is 2.41. The molecule has 1 fully saturated rings. The van der Waals surface area contributed by atoms with Crippen LogP contribution in [0.2, 0.25) is 0 Å². The Morgan fingerprint density at radius 2 is 1.82 bits per heavy atom. The van der Waals surface area contributed by atoms with Gasteiger partial charge in [0.15, 0.2) is 0 Å². The summed E-state index contributed by atoms with van der Waals surface area (Å²) in [7, 11) is 2.51. The van der Waals surface area contributed by atoms with Crippen molar-refractivity contribution in [1.29, 1.82) is 0 Å². The van der Waals surface area contributed by atoms with Crippen LogP contribution in [-0.2, 0) is 16.6 Å². The second-order valence-corrected chi connectivity index (χ2v) is 10.2. The molecule has 0 spiro atoms. The third kappa shape index (κ3) is 7.54. The van der Waals surface area contributed by atoms with Gasteiger partial charge in [0, 0.05) is 33.1 Å². The number of halogens is 6. The van der Waals surface area contributed by atoms with Crippen molar-refractivity contribution in [2.75, 3.05) is 18.9 Å². The number of hydrogen-bond donors (Lipinski definition) is 2. The first kappa shape index (κ1) is 31.0. The van der Waals surface area contributed by atoms with Crippen LogP contribution in [0.3, 0.4) is 0 Å². The number of alkyl halides is 5. The van der Waals surface area contributed by atoms with Crippen LogP contribution in [0.1, 0.15) is 60.1 Å². The van der Waals surface area contributed by atoms with Crippen LogP contribution in [0.4, 0.5) is 32.0 Å². The molecule has 40 heavy (non-hydrogen) atoms. The number of nitrogens with one attached hydrogen (secondary N) is 2. The summed E-state index contributed by atoms with van der Waals surface area (Å²) in [4.78, 5) is 39.2. The smallest absolute Gasteiger partial charge is 0.339 e. The Morgan fingerprint density at radius 1 is 1.20 bits per heavy atom. The summed E-state index contributed by atoms with van der Waals surface area (Å²) in [5, 5.41) is 8.86. The van der Waals surface area contributed by atoms with Crippen LogP contribution >= 0.6 is 0 Å². The summed E-state index contributed by atoms with van der Waals surface area (Å²) in [6.07, 6.45) is -4.28. The molecule has 0 radical (unpaired) electrons. The van der Waals surface area contributed by atoms with E-state index in [1.54, 1.807) is 0 Å². The molecule has 1 aromatic heterocycles. The van der Waals surface area contributed by atoms with E-state index in [1.165, 1.54) is 43.9 Å². The molecular formula is C26H31F6N5O3. The number of carbonyl (C=O) groups excluding carboxylic acids is 3. The number of benzene rings is 1. The average molecular weight is 576 g/mol. The zero-order chi connectivity index (χ0) is 30.0. The van der Waals surface area contributed by atoms with Crippen molar-refractivity contribution >= 4 is 23.4 Å². The van der Waals surface area contributed by atoms with E-state index < -0.39 is 72.9 Å². The number of aryl methyl sites for hydroxylation is 2. The summed E-state index contributed by atoms with van der Waals surface area (Å²) in [5.41, 5.74) is 0.283. The highest BCUT2D eigenvalue weighted by Crippen LogP contribution is 2.38. The second kappa shape index (κ2) is 11.9. The number of carbonyl (C=O) groups is 3. The molecule has 1 aromatic carbocycles. The summed E-state index contributed by atoms with van der Waals surface area (Å²) in [6, 6.07) is 2.33. The highest BCUT2D eigenvalue weighted by molar-refractivity contribution is 6.01. The Bertz CT molecular complexity index is 1250. The minimum Gasteiger partial charge on any atom is -0.339 e. The zero-order valence-corrected chi connectivity index (χ0v) is 22.4. The molecular weight excluding hydrogens is 544 g/mol. The molecule has 2 unspecified atom stereocenters. The van der Waals surface area contributed by atoms with E-state index in [4.69, 9.17) is 0 Å². The van der Waals surface area contributed by atoms with E-state index in [-0.39, 0.29) is 29.8 Å². The molecule has 1 aliphatic carbocycles. The van der Waals surface area contributed by atoms with Gasteiger partial charge in [-0.1, -0.05) is 0 Å². The Labute approximate surface area is 227 Å². The highest BCUT2D eigenvalue weighted by atomic mass is 19.4. The average Bonchev–Trinajstić information content (AvgIpc) is 3.28. The lowest BCUT2D eigenvalue weighted by Crippen LogP contribution is -2.50. The summed E-state index contributed by atoms with van der Waals surface area (Å²) in [6.45, 7) is 1.38. The Morgan fingerprint density at radius 3 is 2.38 bits per heavy atom. The lowest BCUT2D eigenvalue weighted by molar-refractivity contribution is -0.159. The van der Waals surface area contributed by atoms with Gasteiger partial charge in [0.2, 0.25) is 17.7 Å².